The van der Waals surface area contributed by atoms with E-state index >= 15 is 0 Å². The van der Waals surface area contributed by atoms with Gasteiger partial charge in [-0.05, 0) is 49.6 Å². The van der Waals surface area contributed by atoms with E-state index in [1.807, 2.05) is 26.0 Å². The van der Waals surface area contributed by atoms with Gasteiger partial charge in [0.1, 0.15) is 22.8 Å². The molecule has 36 heavy (non-hydrogen) atoms. The number of nitrogens with one attached hydrogen (secondary N) is 1. The molecule has 6 rings (SSSR count). The van der Waals surface area contributed by atoms with Crippen LogP contribution in [0.5, 0.6) is 0 Å². The molecule has 0 bridgehead atoms. The second kappa shape index (κ2) is 8.42. The van der Waals surface area contributed by atoms with Crippen molar-refractivity contribution >= 4 is 39.1 Å². The van der Waals surface area contributed by atoms with Gasteiger partial charge in [0.2, 0.25) is 5.82 Å². The number of hydrogen-bond donors (Lipinski definition) is 2. The number of aliphatic hydroxyl groups is 1. The molecule has 0 fully saturated rings. The van der Waals surface area contributed by atoms with E-state index in [-0.39, 0.29) is 24.2 Å². The van der Waals surface area contributed by atoms with Gasteiger partial charge >= 0.3 is 0 Å². The monoisotopic (exact) mass is 504 g/mol. The van der Waals surface area contributed by atoms with Gasteiger partial charge in [-0.15, -0.1) is 5.10 Å². The van der Waals surface area contributed by atoms with Crippen molar-refractivity contribution in [2.75, 3.05) is 11.9 Å². The van der Waals surface area contributed by atoms with Crippen LogP contribution in [0.25, 0.3) is 33.3 Å². The molecule has 2 atom stereocenters. The van der Waals surface area contributed by atoms with Crippen LogP contribution >= 0.6 is 11.6 Å². The lowest BCUT2D eigenvalue weighted by Gasteiger charge is -2.25. The van der Waals surface area contributed by atoms with Crippen molar-refractivity contribution in [1.29, 1.82) is 0 Å². The molecule has 0 saturated carbocycles. The van der Waals surface area contributed by atoms with Crippen LogP contribution < -0.4 is 10.9 Å². The summed E-state index contributed by atoms with van der Waals surface area (Å²) in [6, 6.07) is 7.28. The molecule has 4 aromatic heterocycles. The van der Waals surface area contributed by atoms with E-state index in [4.69, 9.17) is 11.6 Å². The average Bonchev–Trinajstić information content (AvgIpc) is 3.50. The number of pyridine rings is 2. The van der Waals surface area contributed by atoms with Gasteiger partial charge in [0.15, 0.2) is 0 Å². The van der Waals surface area contributed by atoms with Crippen LogP contribution in [0.15, 0.2) is 41.6 Å². The van der Waals surface area contributed by atoms with Crippen molar-refractivity contribution in [2.24, 2.45) is 7.05 Å². The van der Waals surface area contributed by atoms with E-state index in [2.05, 4.69) is 31.5 Å². The number of hydrogen-bond acceptors (Lipinski definition) is 7. The number of aliphatic hydroxyl groups excluding tert-OH is 1. The number of halogens is 1. The summed E-state index contributed by atoms with van der Waals surface area (Å²) in [6.45, 7) is 4.57. The Balaban J connectivity index is 1.53. The van der Waals surface area contributed by atoms with E-state index in [0.717, 1.165) is 33.2 Å². The molecule has 5 aromatic rings. The fourth-order valence-electron chi connectivity index (χ4n) is 5.19. The number of aryl methyl sites for hydroxylation is 3. The van der Waals surface area contributed by atoms with Gasteiger partial charge in [0.05, 0.1) is 24.5 Å². The molecular formula is C25H25ClN8O2. The zero-order valence-corrected chi connectivity index (χ0v) is 20.9. The van der Waals surface area contributed by atoms with Crippen molar-refractivity contribution in [1.82, 2.24) is 34.1 Å². The molecule has 184 valence electrons. The lowest BCUT2D eigenvalue weighted by atomic mass is 9.95. The lowest BCUT2D eigenvalue weighted by Crippen LogP contribution is -2.31. The van der Waals surface area contributed by atoms with Gasteiger partial charge in [-0.3, -0.25) is 14.0 Å². The standard InChI is InChI=1S/C25H25ClN8O2/c1-13-8-16(14(2)29-19-4-5-20(26)30-22(19)23-27-12-32(3)31-23)21-17(9-13)25(36)33-7-6-15(11-35)34-24(33)18(21)10-28-34/h4-5,8-10,12,14-15,29,35H,6-7,11H2,1-3H3. The number of anilines is 1. The maximum atomic E-state index is 13.6. The first-order valence-corrected chi connectivity index (χ1v) is 12.2. The van der Waals surface area contributed by atoms with Crippen molar-refractivity contribution < 1.29 is 5.11 Å². The van der Waals surface area contributed by atoms with Crippen LogP contribution in [0, 0.1) is 6.92 Å². The minimum Gasteiger partial charge on any atom is -0.394 e. The van der Waals surface area contributed by atoms with Crippen LogP contribution in [0.4, 0.5) is 5.69 Å². The fraction of sp³-hybridized carbons (Fsp3) is 0.320. The zero-order valence-electron chi connectivity index (χ0n) is 20.1. The van der Waals surface area contributed by atoms with Crippen molar-refractivity contribution in [3.05, 3.63) is 63.4 Å². The third-order valence-electron chi connectivity index (χ3n) is 6.84. The Morgan fingerprint density at radius 2 is 2.11 bits per heavy atom. The third-order valence-corrected chi connectivity index (χ3v) is 7.05. The normalized spacial score (nSPS) is 16.1. The molecule has 0 amide bonds. The van der Waals surface area contributed by atoms with Gasteiger partial charge in [-0.1, -0.05) is 17.7 Å². The maximum Gasteiger partial charge on any atom is 0.260 e. The Morgan fingerprint density at radius 3 is 2.86 bits per heavy atom. The molecule has 0 aliphatic carbocycles. The molecule has 0 spiro atoms. The topological polar surface area (TPSA) is 116 Å². The molecule has 10 nitrogen and oxygen atoms in total. The highest BCUT2D eigenvalue weighted by atomic mass is 35.5. The minimum absolute atomic E-state index is 0.0182. The van der Waals surface area contributed by atoms with E-state index in [1.54, 1.807) is 39.6 Å². The highest BCUT2D eigenvalue weighted by Crippen LogP contribution is 2.36. The summed E-state index contributed by atoms with van der Waals surface area (Å²) in [7, 11) is 1.80. The van der Waals surface area contributed by atoms with Gasteiger partial charge in [0.25, 0.3) is 5.56 Å². The molecule has 2 N–H and O–H groups in total. The van der Waals surface area contributed by atoms with Gasteiger partial charge < -0.3 is 10.4 Å². The highest BCUT2D eigenvalue weighted by molar-refractivity contribution is 6.29. The number of rotatable bonds is 5. The summed E-state index contributed by atoms with van der Waals surface area (Å²) in [5, 5.41) is 25.1. The second-order valence-electron chi connectivity index (χ2n) is 9.32. The SMILES string of the molecule is Cc1cc(C(C)Nc2ccc(Cl)nc2-c2ncn(C)n2)c2c(c1)c(=O)n1c3c2cnn3C(CO)CC1. The molecule has 11 heteroatoms. The largest absolute Gasteiger partial charge is 0.394 e. The van der Waals surface area contributed by atoms with Crippen LogP contribution in [-0.2, 0) is 13.6 Å². The maximum absolute atomic E-state index is 13.6. The summed E-state index contributed by atoms with van der Waals surface area (Å²) in [5.74, 6) is 0.465. The molecule has 0 radical (unpaired) electrons. The fourth-order valence-corrected chi connectivity index (χ4v) is 5.34. The number of fused-ring (bicyclic) bond motifs is 2. The van der Waals surface area contributed by atoms with E-state index in [9.17, 15) is 9.90 Å². The van der Waals surface area contributed by atoms with Crippen molar-refractivity contribution in [3.8, 4) is 11.5 Å². The van der Waals surface area contributed by atoms with Gasteiger partial charge in [-0.25, -0.2) is 14.6 Å². The average molecular weight is 505 g/mol. The van der Waals surface area contributed by atoms with Crippen molar-refractivity contribution in [3.63, 3.8) is 0 Å². The number of aromatic nitrogens is 7. The first-order valence-electron chi connectivity index (χ1n) is 11.8. The van der Waals surface area contributed by atoms with Gasteiger partial charge in [-0.2, -0.15) is 5.10 Å². The summed E-state index contributed by atoms with van der Waals surface area (Å²) in [6.07, 6.45) is 4.08. The first-order chi connectivity index (χ1) is 17.4. The first kappa shape index (κ1) is 22.7. The predicted molar refractivity (Wildman–Crippen MR) is 138 cm³/mol. The van der Waals surface area contributed by atoms with Gasteiger partial charge in [0, 0.05) is 35.8 Å². The summed E-state index contributed by atoms with van der Waals surface area (Å²) >= 11 is 6.20. The molecule has 1 aliphatic heterocycles. The number of benzene rings is 1. The molecule has 5 heterocycles. The Labute approximate surface area is 211 Å². The summed E-state index contributed by atoms with van der Waals surface area (Å²) in [4.78, 5) is 22.4. The Kier molecular flexibility index (Phi) is 5.31. The predicted octanol–water partition coefficient (Wildman–Crippen LogP) is 3.61. The van der Waals surface area contributed by atoms with E-state index in [1.165, 1.54) is 0 Å². The Morgan fingerprint density at radius 1 is 1.28 bits per heavy atom. The van der Waals surface area contributed by atoms with E-state index < -0.39 is 0 Å². The molecule has 0 saturated heterocycles. The van der Waals surface area contributed by atoms with Crippen molar-refractivity contribution in [2.45, 2.75) is 38.9 Å². The smallest absolute Gasteiger partial charge is 0.260 e. The highest BCUT2D eigenvalue weighted by Gasteiger charge is 2.27. The van der Waals surface area contributed by atoms with E-state index in [0.29, 0.717) is 35.0 Å². The molecule has 2 unspecified atom stereocenters. The van der Waals surface area contributed by atoms with Crippen LogP contribution in [-0.4, -0.2) is 45.8 Å². The van der Waals surface area contributed by atoms with Crippen LogP contribution in [0.1, 0.15) is 36.6 Å². The quantitative estimate of drug-likeness (QED) is 0.351. The molecular weight excluding hydrogens is 480 g/mol. The zero-order chi connectivity index (χ0) is 25.1. The minimum atomic E-state index is -0.198. The number of nitrogens with zero attached hydrogens (tertiary/aromatic N) is 7. The summed E-state index contributed by atoms with van der Waals surface area (Å²) in [5.41, 5.74) is 3.95. The molecule has 1 aliphatic rings. The third kappa shape index (κ3) is 3.48. The molecule has 1 aromatic carbocycles. The van der Waals surface area contributed by atoms with Crippen LogP contribution in [0.3, 0.4) is 0 Å². The second-order valence-corrected chi connectivity index (χ2v) is 9.71. The summed E-state index contributed by atoms with van der Waals surface area (Å²) < 4.78 is 5.18. The Hall–Kier alpha value is -3.76. The Bertz CT molecular complexity index is 1700. The van der Waals surface area contributed by atoms with Crippen LogP contribution in [0.2, 0.25) is 5.15 Å². The lowest BCUT2D eigenvalue weighted by molar-refractivity contribution is 0.200.